The fraction of sp³-hybridized carbons (Fsp3) is 0.688. The molecule has 0 amide bonds. The molecule has 1 saturated heterocycles. The molecule has 2 heterocycles. The topological polar surface area (TPSA) is 28.2 Å². The van der Waals surface area contributed by atoms with E-state index in [9.17, 15) is 0 Å². The zero-order chi connectivity index (χ0) is 13.9. The van der Waals surface area contributed by atoms with Gasteiger partial charge in [-0.3, -0.25) is 4.90 Å². The molecule has 1 N–H and O–H groups in total. The van der Waals surface area contributed by atoms with E-state index >= 15 is 0 Å². The Hall–Kier alpha value is -1.09. The lowest BCUT2D eigenvalue weighted by atomic mass is 9.80. The van der Waals surface area contributed by atoms with Gasteiger partial charge in [-0.2, -0.15) is 0 Å². The molecule has 0 saturated carbocycles. The number of aromatic nitrogens is 1. The molecule has 1 aliphatic heterocycles. The molecule has 0 spiro atoms. The standard InChI is InChI=1S/C16H27N3/c1-5-17-15-10-13(6-8-18-15)11-19-9-7-14(12-19)16(2,3)4/h6,8,10,14H,5,7,9,11-12H2,1-4H3,(H,17,18). The number of hydrogen-bond donors (Lipinski definition) is 1. The Balaban J connectivity index is 1.93. The Morgan fingerprint density at radius 3 is 2.84 bits per heavy atom. The summed E-state index contributed by atoms with van der Waals surface area (Å²) in [5, 5.41) is 3.28. The molecule has 1 aromatic heterocycles. The average Bonchev–Trinajstić information content (AvgIpc) is 2.78. The second kappa shape index (κ2) is 5.91. The first-order valence-electron chi connectivity index (χ1n) is 7.40. The molecule has 19 heavy (non-hydrogen) atoms. The Morgan fingerprint density at radius 1 is 1.42 bits per heavy atom. The van der Waals surface area contributed by atoms with Crippen LogP contribution in [0.5, 0.6) is 0 Å². The van der Waals surface area contributed by atoms with E-state index in [1.807, 2.05) is 6.20 Å². The second-order valence-electron chi connectivity index (χ2n) is 6.67. The van der Waals surface area contributed by atoms with Crippen molar-refractivity contribution in [3.05, 3.63) is 23.9 Å². The largest absolute Gasteiger partial charge is 0.370 e. The fourth-order valence-electron chi connectivity index (χ4n) is 2.79. The van der Waals surface area contributed by atoms with Gasteiger partial charge in [0.2, 0.25) is 0 Å². The number of pyridine rings is 1. The van der Waals surface area contributed by atoms with Crippen LogP contribution in [0.1, 0.15) is 39.7 Å². The van der Waals surface area contributed by atoms with Crippen LogP contribution in [0, 0.1) is 11.3 Å². The number of anilines is 1. The third-order valence-electron chi connectivity index (χ3n) is 4.09. The lowest BCUT2D eigenvalue weighted by Crippen LogP contribution is -2.25. The number of nitrogens with zero attached hydrogens (tertiary/aromatic N) is 2. The van der Waals surface area contributed by atoms with Crippen molar-refractivity contribution in [2.75, 3.05) is 25.0 Å². The van der Waals surface area contributed by atoms with E-state index < -0.39 is 0 Å². The Kier molecular flexibility index (Phi) is 4.46. The van der Waals surface area contributed by atoms with E-state index in [2.05, 4.69) is 55.0 Å². The van der Waals surface area contributed by atoms with Crippen LogP contribution in [-0.2, 0) is 6.54 Å². The zero-order valence-corrected chi connectivity index (χ0v) is 12.7. The van der Waals surface area contributed by atoms with Crippen LogP contribution in [0.2, 0.25) is 0 Å². The first kappa shape index (κ1) is 14.3. The minimum Gasteiger partial charge on any atom is -0.370 e. The maximum absolute atomic E-state index is 4.33. The third kappa shape index (κ3) is 3.93. The molecular formula is C16H27N3. The van der Waals surface area contributed by atoms with Gasteiger partial charge in [0.25, 0.3) is 0 Å². The predicted molar refractivity (Wildman–Crippen MR) is 81.2 cm³/mol. The van der Waals surface area contributed by atoms with Crippen LogP contribution in [0.25, 0.3) is 0 Å². The van der Waals surface area contributed by atoms with E-state index in [-0.39, 0.29) is 0 Å². The van der Waals surface area contributed by atoms with Gasteiger partial charge in [0.15, 0.2) is 0 Å². The zero-order valence-electron chi connectivity index (χ0n) is 12.7. The quantitative estimate of drug-likeness (QED) is 0.900. The van der Waals surface area contributed by atoms with E-state index in [1.165, 1.54) is 25.1 Å². The molecule has 0 aliphatic carbocycles. The van der Waals surface area contributed by atoms with Crippen LogP contribution in [-0.4, -0.2) is 29.5 Å². The molecule has 3 heteroatoms. The highest BCUT2D eigenvalue weighted by Gasteiger charge is 2.31. The van der Waals surface area contributed by atoms with Crippen LogP contribution >= 0.6 is 0 Å². The predicted octanol–water partition coefficient (Wildman–Crippen LogP) is 3.38. The Labute approximate surface area is 117 Å². The van der Waals surface area contributed by atoms with Crippen LogP contribution in [0.4, 0.5) is 5.82 Å². The van der Waals surface area contributed by atoms with Crippen LogP contribution in [0.3, 0.4) is 0 Å². The van der Waals surface area contributed by atoms with E-state index in [0.29, 0.717) is 5.41 Å². The Morgan fingerprint density at radius 2 is 2.21 bits per heavy atom. The van der Waals surface area contributed by atoms with E-state index in [1.54, 1.807) is 0 Å². The smallest absolute Gasteiger partial charge is 0.126 e. The summed E-state index contributed by atoms with van der Waals surface area (Å²) < 4.78 is 0. The normalized spacial score (nSPS) is 20.7. The van der Waals surface area contributed by atoms with Gasteiger partial charge >= 0.3 is 0 Å². The second-order valence-corrected chi connectivity index (χ2v) is 6.67. The van der Waals surface area contributed by atoms with E-state index in [4.69, 9.17) is 0 Å². The molecule has 0 aromatic carbocycles. The van der Waals surface area contributed by atoms with Gasteiger partial charge in [0.05, 0.1) is 0 Å². The number of rotatable bonds is 4. The summed E-state index contributed by atoms with van der Waals surface area (Å²) in [6.45, 7) is 13.6. The first-order chi connectivity index (χ1) is 8.99. The molecule has 1 unspecified atom stereocenters. The average molecular weight is 261 g/mol. The molecular weight excluding hydrogens is 234 g/mol. The van der Waals surface area contributed by atoms with Crippen molar-refractivity contribution in [3.8, 4) is 0 Å². The number of nitrogens with one attached hydrogen (secondary N) is 1. The molecule has 1 fully saturated rings. The van der Waals surface area contributed by atoms with Gasteiger partial charge in [-0.15, -0.1) is 0 Å². The molecule has 0 radical (unpaired) electrons. The lowest BCUT2D eigenvalue weighted by molar-refractivity contribution is 0.226. The summed E-state index contributed by atoms with van der Waals surface area (Å²) in [4.78, 5) is 6.90. The molecule has 3 nitrogen and oxygen atoms in total. The summed E-state index contributed by atoms with van der Waals surface area (Å²) in [6, 6.07) is 4.30. The highest BCUT2D eigenvalue weighted by atomic mass is 15.1. The Bertz CT molecular complexity index is 409. The van der Waals surface area contributed by atoms with Crippen LogP contribution < -0.4 is 5.32 Å². The van der Waals surface area contributed by atoms with Gasteiger partial charge in [0.1, 0.15) is 5.82 Å². The minimum atomic E-state index is 0.432. The summed E-state index contributed by atoms with van der Waals surface area (Å²) in [5.74, 6) is 1.81. The molecule has 1 atom stereocenters. The number of likely N-dealkylation sites (tertiary alicyclic amines) is 1. The SMILES string of the molecule is CCNc1cc(CN2CCC(C(C)(C)C)C2)ccn1. The van der Waals surface area contributed by atoms with Crippen molar-refractivity contribution in [1.82, 2.24) is 9.88 Å². The molecule has 0 bridgehead atoms. The minimum absolute atomic E-state index is 0.432. The molecule has 2 rings (SSSR count). The van der Waals surface area contributed by atoms with E-state index in [0.717, 1.165) is 24.8 Å². The molecule has 106 valence electrons. The first-order valence-corrected chi connectivity index (χ1v) is 7.40. The summed E-state index contributed by atoms with van der Waals surface area (Å²) in [6.07, 6.45) is 3.24. The summed E-state index contributed by atoms with van der Waals surface area (Å²) >= 11 is 0. The summed E-state index contributed by atoms with van der Waals surface area (Å²) in [5.41, 5.74) is 1.79. The maximum atomic E-state index is 4.33. The van der Waals surface area contributed by atoms with Crippen molar-refractivity contribution in [2.24, 2.45) is 11.3 Å². The van der Waals surface area contributed by atoms with Crippen molar-refractivity contribution in [3.63, 3.8) is 0 Å². The highest BCUT2D eigenvalue weighted by molar-refractivity contribution is 5.37. The van der Waals surface area contributed by atoms with Crippen molar-refractivity contribution >= 4 is 5.82 Å². The number of hydrogen-bond acceptors (Lipinski definition) is 3. The van der Waals surface area contributed by atoms with Gasteiger partial charge in [-0.05, 0) is 48.9 Å². The van der Waals surface area contributed by atoms with Gasteiger partial charge in [-0.25, -0.2) is 4.98 Å². The third-order valence-corrected chi connectivity index (χ3v) is 4.09. The summed E-state index contributed by atoms with van der Waals surface area (Å²) in [7, 11) is 0. The van der Waals surface area contributed by atoms with Crippen molar-refractivity contribution < 1.29 is 0 Å². The van der Waals surface area contributed by atoms with Crippen molar-refractivity contribution in [1.29, 1.82) is 0 Å². The lowest BCUT2D eigenvalue weighted by Gasteiger charge is -2.27. The van der Waals surface area contributed by atoms with Gasteiger partial charge < -0.3 is 5.32 Å². The molecule has 1 aliphatic rings. The van der Waals surface area contributed by atoms with Crippen LogP contribution in [0.15, 0.2) is 18.3 Å². The van der Waals surface area contributed by atoms with Gasteiger partial charge in [-0.1, -0.05) is 20.8 Å². The van der Waals surface area contributed by atoms with Gasteiger partial charge in [0, 0.05) is 25.8 Å². The molecule has 1 aromatic rings. The monoisotopic (exact) mass is 261 g/mol. The maximum Gasteiger partial charge on any atom is 0.126 e. The van der Waals surface area contributed by atoms with Crippen molar-refractivity contribution in [2.45, 2.75) is 40.7 Å². The fourth-order valence-corrected chi connectivity index (χ4v) is 2.79. The highest BCUT2D eigenvalue weighted by Crippen LogP contribution is 2.34.